The van der Waals surface area contributed by atoms with Crippen molar-refractivity contribution in [3.63, 3.8) is 0 Å². The molecule has 0 saturated heterocycles. The molecule has 0 radical (unpaired) electrons. The zero-order valence-electron chi connectivity index (χ0n) is 11.9. The van der Waals surface area contributed by atoms with Gasteiger partial charge in [0.1, 0.15) is 6.04 Å². The number of anilines is 1. The largest absolute Gasteiger partial charge is 0.480 e. The Labute approximate surface area is 122 Å². The molecule has 1 aromatic rings. The van der Waals surface area contributed by atoms with Gasteiger partial charge in [-0.05, 0) is 36.6 Å². The van der Waals surface area contributed by atoms with E-state index >= 15 is 0 Å². The summed E-state index contributed by atoms with van der Waals surface area (Å²) >= 11 is 0. The molecule has 0 heterocycles. The van der Waals surface area contributed by atoms with Gasteiger partial charge in [0.25, 0.3) is 0 Å². The van der Waals surface area contributed by atoms with Crippen molar-refractivity contribution < 1.29 is 19.5 Å². The van der Waals surface area contributed by atoms with Gasteiger partial charge in [-0.2, -0.15) is 0 Å². The number of urea groups is 1. The van der Waals surface area contributed by atoms with Crippen molar-refractivity contribution in [2.45, 2.75) is 26.3 Å². The lowest BCUT2D eigenvalue weighted by Crippen LogP contribution is -2.43. The zero-order valence-corrected chi connectivity index (χ0v) is 11.9. The van der Waals surface area contributed by atoms with Gasteiger partial charge < -0.3 is 21.5 Å². The summed E-state index contributed by atoms with van der Waals surface area (Å²) < 4.78 is 0. The van der Waals surface area contributed by atoms with Crippen LogP contribution in [0.4, 0.5) is 10.5 Å². The van der Waals surface area contributed by atoms with E-state index < -0.39 is 23.9 Å². The maximum absolute atomic E-state index is 11.8. The van der Waals surface area contributed by atoms with E-state index in [-0.39, 0.29) is 5.92 Å². The Morgan fingerprint density at radius 3 is 2.19 bits per heavy atom. The van der Waals surface area contributed by atoms with Crippen LogP contribution in [0.5, 0.6) is 0 Å². The number of carbonyl (C=O) groups is 3. The van der Waals surface area contributed by atoms with Crippen molar-refractivity contribution in [2.75, 3.05) is 5.32 Å². The standard InChI is InChI=1S/C14H19N3O4/c1-8(2)7-11(13(19)20)17-14(21)16-10-5-3-9(4-6-10)12(15)18/h3-6,8,11H,7H2,1-2H3,(H2,15,18)(H,19,20)(H2,16,17,21)/t11-/m0/s1. The molecule has 0 aliphatic heterocycles. The number of hydrogen-bond donors (Lipinski definition) is 4. The highest BCUT2D eigenvalue weighted by molar-refractivity contribution is 5.95. The second-order valence-electron chi connectivity index (χ2n) is 5.06. The third-order valence-electron chi connectivity index (χ3n) is 2.74. The molecule has 5 N–H and O–H groups in total. The van der Waals surface area contributed by atoms with Crippen molar-refractivity contribution in [1.82, 2.24) is 5.32 Å². The Kier molecular flexibility index (Phi) is 5.71. The van der Waals surface area contributed by atoms with Crippen LogP contribution in [0.1, 0.15) is 30.6 Å². The first-order valence-electron chi connectivity index (χ1n) is 6.49. The number of nitrogens with two attached hydrogens (primary N) is 1. The fourth-order valence-electron chi connectivity index (χ4n) is 1.74. The average molecular weight is 293 g/mol. The number of amides is 3. The average Bonchev–Trinajstić information content (AvgIpc) is 2.37. The monoisotopic (exact) mass is 293 g/mol. The molecule has 1 rings (SSSR count). The summed E-state index contributed by atoms with van der Waals surface area (Å²) in [7, 11) is 0. The van der Waals surface area contributed by atoms with Gasteiger partial charge in [-0.1, -0.05) is 13.8 Å². The second-order valence-corrected chi connectivity index (χ2v) is 5.06. The van der Waals surface area contributed by atoms with Crippen LogP contribution in [0.15, 0.2) is 24.3 Å². The normalized spacial score (nSPS) is 11.8. The summed E-state index contributed by atoms with van der Waals surface area (Å²) in [5, 5.41) is 13.9. The molecule has 0 fully saturated rings. The molecule has 1 atom stereocenters. The van der Waals surface area contributed by atoms with Gasteiger partial charge in [0.15, 0.2) is 0 Å². The molecule has 0 aliphatic rings. The number of nitrogens with one attached hydrogen (secondary N) is 2. The maximum atomic E-state index is 11.8. The van der Waals surface area contributed by atoms with Crippen LogP contribution in [0, 0.1) is 5.92 Å². The van der Waals surface area contributed by atoms with Gasteiger partial charge in [0.2, 0.25) is 5.91 Å². The number of rotatable bonds is 6. The fourth-order valence-corrected chi connectivity index (χ4v) is 1.74. The van der Waals surface area contributed by atoms with Gasteiger partial charge in [-0.25, -0.2) is 9.59 Å². The van der Waals surface area contributed by atoms with Crippen molar-refractivity contribution in [1.29, 1.82) is 0 Å². The molecule has 1 aromatic carbocycles. The SMILES string of the molecule is CC(C)C[C@H](NC(=O)Nc1ccc(C(N)=O)cc1)C(=O)O. The van der Waals surface area contributed by atoms with E-state index in [4.69, 9.17) is 10.8 Å². The van der Waals surface area contributed by atoms with E-state index in [1.165, 1.54) is 24.3 Å². The molecular formula is C14H19N3O4. The molecule has 7 nitrogen and oxygen atoms in total. The van der Waals surface area contributed by atoms with Crippen molar-refractivity contribution in [3.05, 3.63) is 29.8 Å². The Morgan fingerprint density at radius 2 is 1.76 bits per heavy atom. The second kappa shape index (κ2) is 7.28. The van der Waals surface area contributed by atoms with E-state index in [9.17, 15) is 14.4 Å². The highest BCUT2D eigenvalue weighted by Gasteiger charge is 2.20. The molecule has 7 heteroatoms. The van der Waals surface area contributed by atoms with Crippen LogP contribution in [0.2, 0.25) is 0 Å². The Bertz CT molecular complexity index is 526. The van der Waals surface area contributed by atoms with Gasteiger partial charge >= 0.3 is 12.0 Å². The van der Waals surface area contributed by atoms with Gasteiger partial charge in [0.05, 0.1) is 0 Å². The summed E-state index contributed by atoms with van der Waals surface area (Å²) in [6.07, 6.45) is 0.337. The summed E-state index contributed by atoms with van der Waals surface area (Å²) in [6.45, 7) is 3.75. The summed E-state index contributed by atoms with van der Waals surface area (Å²) in [5.41, 5.74) is 5.87. The lowest BCUT2D eigenvalue weighted by Gasteiger charge is -2.17. The molecule has 0 spiro atoms. The van der Waals surface area contributed by atoms with Crippen molar-refractivity contribution in [2.24, 2.45) is 11.7 Å². The minimum absolute atomic E-state index is 0.140. The number of primary amides is 1. The summed E-state index contributed by atoms with van der Waals surface area (Å²) in [5.74, 6) is -1.50. The number of carboxylic acids is 1. The van der Waals surface area contributed by atoms with Gasteiger partial charge in [-0.3, -0.25) is 4.79 Å². The van der Waals surface area contributed by atoms with E-state index in [1.54, 1.807) is 0 Å². The van der Waals surface area contributed by atoms with Gasteiger partial charge in [0, 0.05) is 11.3 Å². The van der Waals surface area contributed by atoms with Crippen molar-refractivity contribution >= 4 is 23.6 Å². The first-order chi connectivity index (χ1) is 9.79. The summed E-state index contributed by atoms with van der Waals surface area (Å²) in [6, 6.07) is 4.40. The fraction of sp³-hybridized carbons (Fsp3) is 0.357. The lowest BCUT2D eigenvalue weighted by atomic mass is 10.0. The first kappa shape index (κ1) is 16.5. The van der Waals surface area contributed by atoms with Crippen LogP contribution in [-0.2, 0) is 4.79 Å². The first-order valence-corrected chi connectivity index (χ1v) is 6.49. The quantitative estimate of drug-likeness (QED) is 0.633. The molecular weight excluding hydrogens is 274 g/mol. The number of carboxylic acid groups (broad SMARTS) is 1. The van der Waals surface area contributed by atoms with E-state index in [0.29, 0.717) is 17.7 Å². The predicted molar refractivity (Wildman–Crippen MR) is 78.0 cm³/mol. The molecule has 0 aliphatic carbocycles. The van der Waals surface area contributed by atoms with Crippen LogP contribution in [0.3, 0.4) is 0 Å². The lowest BCUT2D eigenvalue weighted by molar-refractivity contribution is -0.139. The smallest absolute Gasteiger partial charge is 0.326 e. The third-order valence-corrected chi connectivity index (χ3v) is 2.74. The van der Waals surface area contributed by atoms with Crippen LogP contribution in [0.25, 0.3) is 0 Å². The molecule has 114 valence electrons. The molecule has 0 bridgehead atoms. The maximum Gasteiger partial charge on any atom is 0.326 e. The molecule has 21 heavy (non-hydrogen) atoms. The van der Waals surface area contributed by atoms with Crippen LogP contribution in [-0.4, -0.2) is 29.1 Å². The number of benzene rings is 1. The van der Waals surface area contributed by atoms with E-state index in [1.807, 2.05) is 13.8 Å². The van der Waals surface area contributed by atoms with E-state index in [2.05, 4.69) is 10.6 Å². The molecule has 0 aromatic heterocycles. The van der Waals surface area contributed by atoms with Crippen molar-refractivity contribution in [3.8, 4) is 0 Å². The highest BCUT2D eigenvalue weighted by Crippen LogP contribution is 2.10. The van der Waals surface area contributed by atoms with E-state index in [0.717, 1.165) is 0 Å². The predicted octanol–water partition coefficient (Wildman–Crippen LogP) is 1.41. The zero-order chi connectivity index (χ0) is 16.0. The van der Waals surface area contributed by atoms with Crippen LogP contribution >= 0.6 is 0 Å². The minimum Gasteiger partial charge on any atom is -0.480 e. The minimum atomic E-state index is -1.08. The Hall–Kier alpha value is -2.57. The van der Waals surface area contributed by atoms with Crippen LogP contribution < -0.4 is 16.4 Å². The molecule has 3 amide bonds. The molecule has 0 saturated carbocycles. The Morgan fingerprint density at radius 1 is 1.19 bits per heavy atom. The highest BCUT2D eigenvalue weighted by atomic mass is 16.4. The topological polar surface area (TPSA) is 122 Å². The number of carbonyl (C=O) groups excluding carboxylic acids is 2. The third kappa shape index (κ3) is 5.52. The number of aliphatic carboxylic acids is 1. The summed E-state index contributed by atoms with van der Waals surface area (Å²) in [4.78, 5) is 33.7. The number of hydrogen-bond acceptors (Lipinski definition) is 3. The van der Waals surface area contributed by atoms with Gasteiger partial charge in [-0.15, -0.1) is 0 Å². The molecule has 0 unspecified atom stereocenters. The Balaban J connectivity index is 2.63.